The second kappa shape index (κ2) is 9.71. The number of benzene rings is 1. The number of nitrogens with zero attached hydrogens (tertiary/aromatic N) is 3. The first-order valence-electron chi connectivity index (χ1n) is 12.6. The summed E-state index contributed by atoms with van der Waals surface area (Å²) in [6.45, 7) is 4.47. The Kier molecular flexibility index (Phi) is 6.53. The highest BCUT2D eigenvalue weighted by Crippen LogP contribution is 2.49. The van der Waals surface area contributed by atoms with E-state index >= 15 is 0 Å². The molecule has 1 saturated carbocycles. The molecule has 5 nitrogen and oxygen atoms in total. The van der Waals surface area contributed by atoms with E-state index in [9.17, 15) is 13.2 Å². The Morgan fingerprint density at radius 3 is 2.81 bits per heavy atom. The van der Waals surface area contributed by atoms with Gasteiger partial charge in [-0.2, -0.15) is 23.7 Å². The average Bonchev–Trinajstić information content (AvgIpc) is 3.66. The predicted octanol–water partition coefficient (Wildman–Crippen LogP) is 7.07. The van der Waals surface area contributed by atoms with Crippen molar-refractivity contribution in [1.29, 1.82) is 0 Å². The van der Waals surface area contributed by atoms with Crippen LogP contribution in [0.3, 0.4) is 0 Å². The van der Waals surface area contributed by atoms with Crippen LogP contribution in [0.15, 0.2) is 29.3 Å². The molecular weight excluding hydrogens is 517 g/mol. The fraction of sp³-hybridized carbons (Fsp3) is 0.444. The minimum atomic E-state index is -4.56. The van der Waals surface area contributed by atoms with Gasteiger partial charge in [0.1, 0.15) is 5.56 Å². The van der Waals surface area contributed by atoms with E-state index in [1.54, 1.807) is 0 Å². The van der Waals surface area contributed by atoms with Gasteiger partial charge in [0.05, 0.1) is 22.1 Å². The van der Waals surface area contributed by atoms with Crippen molar-refractivity contribution in [2.75, 3.05) is 31.3 Å². The number of hydrogen-bond donors (Lipinski definition) is 1. The number of ether oxygens (including phenoxy) is 1. The van der Waals surface area contributed by atoms with Crippen LogP contribution in [0, 0.1) is 0 Å². The van der Waals surface area contributed by atoms with Crippen molar-refractivity contribution in [3.63, 3.8) is 0 Å². The van der Waals surface area contributed by atoms with Crippen molar-refractivity contribution in [3.8, 4) is 15.6 Å². The van der Waals surface area contributed by atoms with Gasteiger partial charge in [-0.25, -0.2) is 9.97 Å². The molecule has 1 aromatic carbocycles. The van der Waals surface area contributed by atoms with Crippen LogP contribution in [0.5, 0.6) is 5.06 Å². The van der Waals surface area contributed by atoms with Crippen LogP contribution >= 0.6 is 21.8 Å². The Hall–Kier alpha value is -2.43. The molecule has 37 heavy (non-hydrogen) atoms. The number of fused-ring (bicyclic) bond motifs is 2. The first-order chi connectivity index (χ1) is 17.8. The number of thiophene rings is 1. The average molecular weight is 547 g/mol. The molecule has 10 heteroatoms. The van der Waals surface area contributed by atoms with Gasteiger partial charge in [-0.15, -0.1) is 0 Å². The molecule has 196 valence electrons. The van der Waals surface area contributed by atoms with Crippen LogP contribution in [0.2, 0.25) is 0 Å². The fourth-order valence-corrected chi connectivity index (χ4v) is 8.19. The van der Waals surface area contributed by atoms with Gasteiger partial charge in [0.15, 0.2) is 5.06 Å². The maximum Gasteiger partial charge on any atom is 0.420 e. The zero-order chi connectivity index (χ0) is 25.7. The molecule has 0 bridgehead atoms. The number of alkyl halides is 3. The third-order valence-electron chi connectivity index (χ3n) is 7.14. The second-order valence-electron chi connectivity index (χ2n) is 9.88. The molecule has 6 rings (SSSR count). The van der Waals surface area contributed by atoms with Gasteiger partial charge < -0.3 is 15.0 Å². The smallest absolute Gasteiger partial charge is 0.420 e. The molecule has 4 heterocycles. The lowest BCUT2D eigenvalue weighted by atomic mass is 9.94. The van der Waals surface area contributed by atoms with E-state index < -0.39 is 11.7 Å². The van der Waals surface area contributed by atoms with Crippen molar-refractivity contribution in [2.45, 2.75) is 56.1 Å². The highest BCUT2D eigenvalue weighted by molar-refractivity contribution is 8.15. The molecule has 1 fully saturated rings. The molecule has 2 aromatic heterocycles. The third-order valence-corrected chi connectivity index (χ3v) is 10.5. The highest BCUT2D eigenvalue weighted by atomic mass is 32.2. The van der Waals surface area contributed by atoms with Crippen LogP contribution in [-0.4, -0.2) is 46.2 Å². The normalized spacial score (nSPS) is 20.2. The zero-order valence-electron chi connectivity index (χ0n) is 20.8. The molecule has 1 aliphatic carbocycles. The van der Waals surface area contributed by atoms with E-state index in [1.165, 1.54) is 28.0 Å². The first kappa shape index (κ1) is 24.9. The Labute approximate surface area is 221 Å². The standard InChI is InChI=1S/C27H29F3N4OS2/c1-3-37-10-4-9-35-25-23(37)13-22(36-25)24-20(27(28,29)30)14-31-26(33-24)32-21-12-17-7-8-34(2)15-18(17)11-19(21)16-5-6-16/h3,11-14,16H,4-10,15H2,1-2H3,(H,31,32,33). The molecule has 0 amide bonds. The first-order valence-corrected chi connectivity index (χ1v) is 14.9. The minimum absolute atomic E-state index is 0.0983. The molecule has 3 aromatic rings. The van der Waals surface area contributed by atoms with E-state index in [2.05, 4.69) is 44.7 Å². The molecular formula is C27H29F3N4OS2. The minimum Gasteiger partial charge on any atom is -0.483 e. The van der Waals surface area contributed by atoms with E-state index in [-0.39, 0.29) is 22.1 Å². The van der Waals surface area contributed by atoms with E-state index in [0.717, 1.165) is 61.3 Å². The second-order valence-corrected chi connectivity index (χ2v) is 13.1. The molecule has 3 aliphatic rings. The molecule has 0 saturated heterocycles. The predicted molar refractivity (Wildman–Crippen MR) is 145 cm³/mol. The number of nitrogens with one attached hydrogen (secondary N) is 1. The van der Waals surface area contributed by atoms with Crippen LogP contribution in [0.1, 0.15) is 54.4 Å². The van der Waals surface area contributed by atoms with Crippen molar-refractivity contribution in [1.82, 2.24) is 14.9 Å². The summed E-state index contributed by atoms with van der Waals surface area (Å²) in [5, 5.41) is 6.12. The van der Waals surface area contributed by atoms with E-state index in [1.807, 2.05) is 13.0 Å². The Morgan fingerprint density at radius 1 is 1.22 bits per heavy atom. The largest absolute Gasteiger partial charge is 0.483 e. The van der Waals surface area contributed by atoms with Crippen LogP contribution in [0.25, 0.3) is 10.6 Å². The SMILES string of the molecule is C/C=S1/CCCOc2sc(-c3nc(Nc4cc5c(cc4C4CC4)CN(C)CC5)ncc3C(F)(F)F)cc21. The van der Waals surface area contributed by atoms with Gasteiger partial charge >= 0.3 is 6.18 Å². The van der Waals surface area contributed by atoms with E-state index in [4.69, 9.17) is 4.74 Å². The maximum absolute atomic E-state index is 14.0. The van der Waals surface area contributed by atoms with Gasteiger partial charge in [-0.1, -0.05) is 22.8 Å². The van der Waals surface area contributed by atoms with Crippen molar-refractivity contribution >= 4 is 38.8 Å². The summed E-state index contributed by atoms with van der Waals surface area (Å²) in [4.78, 5) is 12.3. The van der Waals surface area contributed by atoms with Gasteiger partial charge in [-0.3, -0.25) is 0 Å². The summed E-state index contributed by atoms with van der Waals surface area (Å²) in [5.74, 6) is 1.60. The lowest BCUT2D eigenvalue weighted by molar-refractivity contribution is -0.137. The Bertz CT molecular complexity index is 1380. The van der Waals surface area contributed by atoms with Gasteiger partial charge in [0, 0.05) is 25.0 Å². The molecule has 2 aliphatic heterocycles. The van der Waals surface area contributed by atoms with Gasteiger partial charge in [-0.05, 0) is 80.1 Å². The number of halogens is 3. The summed E-state index contributed by atoms with van der Waals surface area (Å²) in [5.41, 5.74) is 3.80. The summed E-state index contributed by atoms with van der Waals surface area (Å²) in [6.07, 6.45) is 0.471. The number of aromatic nitrogens is 2. The Balaban J connectivity index is 1.41. The topological polar surface area (TPSA) is 50.3 Å². The summed E-state index contributed by atoms with van der Waals surface area (Å²) in [7, 11) is 1.97. The number of hydrogen-bond acceptors (Lipinski definition) is 6. The third kappa shape index (κ3) is 5.03. The van der Waals surface area contributed by atoms with Crippen molar-refractivity contribution in [3.05, 3.63) is 46.6 Å². The lowest BCUT2D eigenvalue weighted by Crippen LogP contribution is -2.26. The zero-order valence-corrected chi connectivity index (χ0v) is 22.5. The van der Waals surface area contributed by atoms with Gasteiger partial charge in [0.25, 0.3) is 0 Å². The summed E-state index contributed by atoms with van der Waals surface area (Å²) >= 11 is 1.25. The monoisotopic (exact) mass is 546 g/mol. The van der Waals surface area contributed by atoms with E-state index in [0.29, 0.717) is 22.5 Å². The molecule has 1 unspecified atom stereocenters. The number of likely N-dealkylation sites (N-methyl/N-ethyl adjacent to an activating group) is 1. The van der Waals surface area contributed by atoms with Crippen LogP contribution < -0.4 is 10.1 Å². The fourth-order valence-electron chi connectivity index (χ4n) is 5.06. The summed E-state index contributed by atoms with van der Waals surface area (Å²) in [6, 6.07) is 6.26. The van der Waals surface area contributed by atoms with Crippen molar-refractivity contribution in [2.24, 2.45) is 0 Å². The van der Waals surface area contributed by atoms with Crippen LogP contribution in [0.4, 0.5) is 24.8 Å². The number of anilines is 2. The van der Waals surface area contributed by atoms with Gasteiger partial charge in [0.2, 0.25) is 5.95 Å². The van der Waals surface area contributed by atoms with Crippen molar-refractivity contribution < 1.29 is 17.9 Å². The Morgan fingerprint density at radius 2 is 2.05 bits per heavy atom. The number of rotatable bonds is 4. The molecule has 0 spiro atoms. The maximum atomic E-state index is 14.0. The quantitative estimate of drug-likeness (QED) is 0.355. The lowest BCUT2D eigenvalue weighted by Gasteiger charge is -2.27. The summed E-state index contributed by atoms with van der Waals surface area (Å²) < 4.78 is 48.0. The molecule has 1 atom stereocenters. The highest BCUT2D eigenvalue weighted by Gasteiger charge is 2.37. The van der Waals surface area contributed by atoms with Crippen LogP contribution in [-0.2, 0) is 19.1 Å². The molecule has 1 N–H and O–H groups in total. The molecule has 0 radical (unpaired) electrons.